The maximum Gasteiger partial charge on any atom is 0.410 e. The molecule has 0 radical (unpaired) electrons. The smallest absolute Gasteiger partial charge is 0.410 e. The Balaban J connectivity index is 1.81. The summed E-state index contributed by atoms with van der Waals surface area (Å²) in [6.45, 7) is 4.87. The first-order valence-corrected chi connectivity index (χ1v) is 14.6. The van der Waals surface area contributed by atoms with Crippen LogP contribution in [-0.2, 0) is 25.7 Å². The van der Waals surface area contributed by atoms with Crippen LogP contribution in [0.4, 0.5) is 4.79 Å². The van der Waals surface area contributed by atoms with Crippen LogP contribution in [0.2, 0.25) is 0 Å². The maximum atomic E-state index is 14.4. The number of carbonyl (C=O) groups excluding carboxylic acids is 3. The van der Waals surface area contributed by atoms with Crippen molar-refractivity contribution in [3.8, 4) is 11.5 Å². The maximum absolute atomic E-state index is 14.4. The molecule has 3 atom stereocenters. The van der Waals surface area contributed by atoms with Gasteiger partial charge < -0.3 is 29.0 Å². The van der Waals surface area contributed by atoms with Crippen molar-refractivity contribution in [3.63, 3.8) is 0 Å². The monoisotopic (exact) mass is 617 g/mol. The van der Waals surface area contributed by atoms with Gasteiger partial charge in [0.2, 0.25) is 0 Å². The van der Waals surface area contributed by atoms with Gasteiger partial charge in [0.1, 0.15) is 23.7 Å². The average molecular weight is 618 g/mol. The molecule has 3 aromatic carbocycles. The topological polar surface area (TPSA) is 129 Å². The standard InChI is InChI=1S/C35H39NO9/c1-34(2,3)45-33(41)36-20-19-35(31(38)39,32(40)44-22-23-9-7-6-8-10-23)21-28(36)29(24-11-15-26(42-4)16-12-24)30(37)25-13-17-27(43-5)18-14-25/h6-18,28-29H,19-22H2,1-5H3,(H,38,39). The zero-order chi connectivity index (χ0) is 32.8. The number of amides is 1. The van der Waals surface area contributed by atoms with Gasteiger partial charge in [-0.05, 0) is 81.1 Å². The van der Waals surface area contributed by atoms with Crippen LogP contribution < -0.4 is 9.47 Å². The summed E-state index contributed by atoms with van der Waals surface area (Å²) in [7, 11) is 3.03. The zero-order valence-electron chi connectivity index (χ0n) is 26.1. The van der Waals surface area contributed by atoms with Gasteiger partial charge in [-0.3, -0.25) is 14.4 Å². The molecule has 0 spiro atoms. The first kappa shape index (κ1) is 33.0. The SMILES string of the molecule is COc1ccc(C(=O)C(c2ccc(OC)cc2)C2CC(C(=O)O)(C(=O)OCc3ccccc3)CCN2C(=O)OC(C)(C)C)cc1. The molecule has 45 heavy (non-hydrogen) atoms. The van der Waals surface area contributed by atoms with Crippen molar-refractivity contribution in [3.05, 3.63) is 95.6 Å². The lowest BCUT2D eigenvalue weighted by Gasteiger charge is -2.45. The minimum atomic E-state index is -2.02. The normalized spacial score (nSPS) is 18.8. The molecule has 0 aliphatic carbocycles. The first-order chi connectivity index (χ1) is 21.4. The zero-order valence-corrected chi connectivity index (χ0v) is 26.1. The van der Waals surface area contributed by atoms with Gasteiger partial charge in [-0.25, -0.2) is 4.79 Å². The predicted octanol–water partition coefficient (Wildman–Crippen LogP) is 5.88. The van der Waals surface area contributed by atoms with Crippen LogP contribution in [0.1, 0.15) is 61.0 Å². The molecule has 0 aromatic heterocycles. The summed E-state index contributed by atoms with van der Waals surface area (Å²) in [5.74, 6) is -2.67. The van der Waals surface area contributed by atoms with Gasteiger partial charge in [0.15, 0.2) is 11.2 Å². The fraction of sp³-hybridized carbons (Fsp3) is 0.371. The molecule has 0 bridgehead atoms. The van der Waals surface area contributed by atoms with Crippen molar-refractivity contribution in [2.45, 2.75) is 57.8 Å². The summed E-state index contributed by atoms with van der Waals surface area (Å²) in [6.07, 6.45) is -1.32. The second-order valence-corrected chi connectivity index (χ2v) is 12.0. The number of piperidine rings is 1. The summed E-state index contributed by atoms with van der Waals surface area (Å²) in [6, 6.07) is 21.1. The highest BCUT2D eigenvalue weighted by Gasteiger charge is 2.56. The van der Waals surface area contributed by atoms with Gasteiger partial charge >= 0.3 is 18.0 Å². The number of ketones is 1. The van der Waals surface area contributed by atoms with E-state index in [1.165, 1.54) is 19.1 Å². The highest BCUT2D eigenvalue weighted by molar-refractivity contribution is 6.03. The van der Waals surface area contributed by atoms with Crippen LogP contribution >= 0.6 is 0 Å². The number of carboxylic acids is 1. The minimum Gasteiger partial charge on any atom is -0.497 e. The van der Waals surface area contributed by atoms with E-state index in [0.29, 0.717) is 28.2 Å². The molecule has 1 heterocycles. The molecule has 1 saturated heterocycles. The number of likely N-dealkylation sites (tertiary alicyclic amines) is 1. The number of esters is 1. The summed E-state index contributed by atoms with van der Waals surface area (Å²) >= 11 is 0. The van der Waals surface area contributed by atoms with Crippen molar-refractivity contribution in [2.24, 2.45) is 5.41 Å². The third-order valence-electron chi connectivity index (χ3n) is 7.89. The Morgan fingerprint density at radius 2 is 1.47 bits per heavy atom. The van der Waals surface area contributed by atoms with Crippen molar-refractivity contribution >= 4 is 23.8 Å². The second-order valence-electron chi connectivity index (χ2n) is 12.0. The Bertz CT molecular complexity index is 1500. The number of benzene rings is 3. The Hall–Kier alpha value is -4.86. The summed E-state index contributed by atoms with van der Waals surface area (Å²) in [5, 5.41) is 10.6. The number of methoxy groups -OCH3 is 2. The van der Waals surface area contributed by atoms with Crippen molar-refractivity contribution in [1.82, 2.24) is 4.90 Å². The van der Waals surface area contributed by atoms with E-state index in [-0.39, 0.29) is 31.8 Å². The number of ether oxygens (including phenoxy) is 4. The van der Waals surface area contributed by atoms with Crippen molar-refractivity contribution in [2.75, 3.05) is 20.8 Å². The van der Waals surface area contributed by atoms with Crippen LogP contribution in [0.5, 0.6) is 11.5 Å². The van der Waals surface area contributed by atoms with Crippen LogP contribution in [0.3, 0.4) is 0 Å². The third kappa shape index (κ3) is 7.63. The number of aliphatic carboxylic acids is 1. The first-order valence-electron chi connectivity index (χ1n) is 14.6. The molecule has 1 N–H and O–H groups in total. The van der Waals surface area contributed by atoms with E-state index in [4.69, 9.17) is 18.9 Å². The Morgan fingerprint density at radius 3 is 2.00 bits per heavy atom. The number of Topliss-reactive ketones (excluding diaryl/α,β-unsaturated/α-hetero) is 1. The lowest BCUT2D eigenvalue weighted by atomic mass is 9.69. The average Bonchev–Trinajstić information content (AvgIpc) is 3.03. The Kier molecular flexibility index (Phi) is 10.2. The van der Waals surface area contributed by atoms with Gasteiger partial charge in [0.05, 0.1) is 26.2 Å². The van der Waals surface area contributed by atoms with E-state index in [2.05, 4.69) is 0 Å². The molecule has 238 valence electrons. The van der Waals surface area contributed by atoms with E-state index >= 15 is 0 Å². The van der Waals surface area contributed by atoms with E-state index in [1.54, 1.807) is 93.6 Å². The molecular formula is C35H39NO9. The highest BCUT2D eigenvalue weighted by atomic mass is 16.6. The molecule has 3 unspecified atom stereocenters. The fourth-order valence-electron chi connectivity index (χ4n) is 5.51. The molecule has 0 saturated carbocycles. The number of carboxylic acid groups (broad SMARTS) is 1. The van der Waals surface area contributed by atoms with Gasteiger partial charge in [0.25, 0.3) is 0 Å². The number of carbonyl (C=O) groups is 4. The molecule has 10 nitrogen and oxygen atoms in total. The van der Waals surface area contributed by atoms with Gasteiger partial charge in [0, 0.05) is 12.1 Å². The van der Waals surface area contributed by atoms with E-state index < -0.39 is 41.0 Å². The largest absolute Gasteiger partial charge is 0.497 e. The number of rotatable bonds is 10. The van der Waals surface area contributed by atoms with E-state index in [0.717, 1.165) is 0 Å². The fourth-order valence-corrected chi connectivity index (χ4v) is 5.51. The number of hydrogen-bond acceptors (Lipinski definition) is 8. The molecule has 1 aliphatic heterocycles. The third-order valence-corrected chi connectivity index (χ3v) is 7.89. The van der Waals surface area contributed by atoms with E-state index in [1.807, 2.05) is 6.07 Å². The molecule has 10 heteroatoms. The minimum absolute atomic E-state index is 0.123. The molecule has 1 fully saturated rings. The Morgan fingerprint density at radius 1 is 0.889 bits per heavy atom. The molecule has 1 aliphatic rings. The Labute approximate surface area is 262 Å². The molecular weight excluding hydrogens is 578 g/mol. The van der Waals surface area contributed by atoms with Crippen LogP contribution in [-0.4, -0.2) is 66.2 Å². The van der Waals surface area contributed by atoms with Crippen LogP contribution in [0.15, 0.2) is 78.9 Å². The molecule has 3 aromatic rings. The van der Waals surface area contributed by atoms with Crippen molar-refractivity contribution < 1.29 is 43.2 Å². The van der Waals surface area contributed by atoms with Gasteiger partial charge in [-0.15, -0.1) is 0 Å². The summed E-state index contributed by atoms with van der Waals surface area (Å²) < 4.78 is 21.9. The molecule has 4 rings (SSSR count). The number of hydrogen-bond donors (Lipinski definition) is 1. The van der Waals surface area contributed by atoms with Crippen LogP contribution in [0.25, 0.3) is 0 Å². The summed E-state index contributed by atoms with van der Waals surface area (Å²) in [5.41, 5.74) is -1.37. The predicted molar refractivity (Wildman–Crippen MR) is 165 cm³/mol. The quantitative estimate of drug-likeness (QED) is 0.168. The lowest BCUT2D eigenvalue weighted by Crippen LogP contribution is -2.58. The van der Waals surface area contributed by atoms with E-state index in [9.17, 15) is 24.3 Å². The van der Waals surface area contributed by atoms with Crippen LogP contribution in [0, 0.1) is 5.41 Å². The lowest BCUT2D eigenvalue weighted by molar-refractivity contribution is -0.175. The van der Waals surface area contributed by atoms with Gasteiger partial charge in [-0.1, -0.05) is 42.5 Å². The number of nitrogens with zero attached hydrogens (tertiary/aromatic N) is 1. The van der Waals surface area contributed by atoms with Gasteiger partial charge in [-0.2, -0.15) is 0 Å². The molecule has 1 amide bonds. The second kappa shape index (κ2) is 13.8. The highest BCUT2D eigenvalue weighted by Crippen LogP contribution is 2.44. The van der Waals surface area contributed by atoms with Crippen molar-refractivity contribution in [1.29, 1.82) is 0 Å². The summed E-state index contributed by atoms with van der Waals surface area (Å²) in [4.78, 5) is 56.1.